The molecule has 0 saturated carbocycles. The van der Waals surface area contributed by atoms with Crippen LogP contribution in [0.5, 0.6) is 5.75 Å². The minimum Gasteiger partial charge on any atom is -0.495 e. The molecule has 0 unspecified atom stereocenters. The Labute approximate surface area is 166 Å². The van der Waals surface area contributed by atoms with E-state index in [1.165, 1.54) is 23.1 Å². The van der Waals surface area contributed by atoms with E-state index in [4.69, 9.17) is 4.74 Å². The average Bonchev–Trinajstić information content (AvgIpc) is 3.15. The number of carbonyl (C=O) groups is 1. The summed E-state index contributed by atoms with van der Waals surface area (Å²) in [6.45, 7) is 1.97. The van der Waals surface area contributed by atoms with E-state index in [0.717, 1.165) is 21.3 Å². The second-order valence-corrected chi connectivity index (χ2v) is 7.89. The molecule has 0 radical (unpaired) electrons. The molecule has 0 spiro atoms. The second kappa shape index (κ2) is 9.38. The molecule has 27 heavy (non-hydrogen) atoms. The molecule has 3 rings (SSSR count). The first-order chi connectivity index (χ1) is 13.2. The summed E-state index contributed by atoms with van der Waals surface area (Å²) < 4.78 is 6.04. The molecule has 1 amide bonds. The van der Waals surface area contributed by atoms with Gasteiger partial charge in [0.25, 0.3) is 0 Å². The number of methoxy groups -OCH3 is 1. The van der Waals surface area contributed by atoms with E-state index in [2.05, 4.69) is 20.8 Å². The van der Waals surface area contributed by atoms with Crippen molar-refractivity contribution in [1.82, 2.24) is 15.5 Å². The highest BCUT2D eigenvalue weighted by molar-refractivity contribution is 8.01. The lowest BCUT2D eigenvalue weighted by molar-refractivity contribution is -0.119. The summed E-state index contributed by atoms with van der Waals surface area (Å²) in [6.07, 6.45) is 0. The summed E-state index contributed by atoms with van der Waals surface area (Å²) in [6, 6.07) is 17.4. The molecule has 140 valence electrons. The Bertz CT molecular complexity index is 886. The zero-order chi connectivity index (χ0) is 19.1. The quantitative estimate of drug-likeness (QED) is 0.550. The van der Waals surface area contributed by atoms with E-state index in [1.807, 2.05) is 61.5 Å². The highest BCUT2D eigenvalue weighted by Crippen LogP contribution is 2.31. The number of amides is 1. The van der Waals surface area contributed by atoms with Crippen LogP contribution in [0.1, 0.15) is 18.5 Å². The zero-order valence-electron chi connectivity index (χ0n) is 15.0. The molecule has 0 bridgehead atoms. The van der Waals surface area contributed by atoms with Crippen molar-refractivity contribution < 1.29 is 9.53 Å². The van der Waals surface area contributed by atoms with Crippen molar-refractivity contribution in [2.24, 2.45) is 0 Å². The molecule has 2 aromatic carbocycles. The number of hydrogen-bond acceptors (Lipinski definition) is 7. The molecule has 0 saturated heterocycles. The number of hydrogen-bond donors (Lipinski definition) is 2. The van der Waals surface area contributed by atoms with Crippen LogP contribution >= 0.6 is 23.1 Å². The number of para-hydroxylation sites is 2. The summed E-state index contributed by atoms with van der Waals surface area (Å²) in [4.78, 5) is 12.2. The normalized spacial score (nSPS) is 11.6. The summed E-state index contributed by atoms with van der Waals surface area (Å²) >= 11 is 2.77. The van der Waals surface area contributed by atoms with Gasteiger partial charge in [0.1, 0.15) is 5.75 Å². The molecule has 1 heterocycles. The molecule has 3 aromatic rings. The predicted octanol–water partition coefficient (Wildman–Crippen LogP) is 4.26. The Hall–Kier alpha value is -2.58. The van der Waals surface area contributed by atoms with Gasteiger partial charge in [-0.25, -0.2) is 0 Å². The summed E-state index contributed by atoms with van der Waals surface area (Å²) in [5, 5.41) is 15.1. The maximum absolute atomic E-state index is 12.2. The van der Waals surface area contributed by atoms with E-state index in [1.54, 1.807) is 7.11 Å². The molecule has 6 nitrogen and oxygen atoms in total. The standard InChI is InChI=1S/C19H20N4O2S2/c1-13(14-8-4-3-5-9-14)20-17(24)12-26-19-23-22-18(27-19)21-15-10-6-7-11-16(15)25-2/h3-11,13H,12H2,1-2H3,(H,20,24)(H,21,22)/t13-/m1/s1. The maximum atomic E-state index is 12.2. The van der Waals surface area contributed by atoms with Crippen LogP contribution in [-0.4, -0.2) is 29.0 Å². The van der Waals surface area contributed by atoms with Crippen molar-refractivity contribution in [3.8, 4) is 5.75 Å². The van der Waals surface area contributed by atoms with E-state index >= 15 is 0 Å². The fourth-order valence-electron chi connectivity index (χ4n) is 2.42. The van der Waals surface area contributed by atoms with Crippen molar-refractivity contribution in [2.75, 3.05) is 18.2 Å². The Morgan fingerprint density at radius 2 is 1.89 bits per heavy atom. The number of benzene rings is 2. The van der Waals surface area contributed by atoms with E-state index in [9.17, 15) is 4.79 Å². The van der Waals surface area contributed by atoms with Gasteiger partial charge < -0.3 is 15.4 Å². The van der Waals surface area contributed by atoms with Crippen molar-refractivity contribution in [3.63, 3.8) is 0 Å². The largest absolute Gasteiger partial charge is 0.495 e. The number of carbonyl (C=O) groups excluding carboxylic acids is 1. The number of nitrogens with zero attached hydrogens (tertiary/aromatic N) is 2. The lowest BCUT2D eigenvalue weighted by Gasteiger charge is -2.13. The third-order valence-corrected chi connectivity index (χ3v) is 5.73. The monoisotopic (exact) mass is 400 g/mol. The Balaban J connectivity index is 1.51. The van der Waals surface area contributed by atoms with Gasteiger partial charge in [-0.3, -0.25) is 4.79 Å². The van der Waals surface area contributed by atoms with Crippen LogP contribution in [0, 0.1) is 0 Å². The Morgan fingerprint density at radius 3 is 2.67 bits per heavy atom. The first kappa shape index (κ1) is 19.2. The van der Waals surface area contributed by atoms with Gasteiger partial charge in [0.2, 0.25) is 11.0 Å². The maximum Gasteiger partial charge on any atom is 0.230 e. The summed E-state index contributed by atoms with van der Waals surface area (Å²) in [7, 11) is 1.62. The Kier molecular flexibility index (Phi) is 6.67. The molecule has 1 aromatic heterocycles. The minimum absolute atomic E-state index is 0.0310. The van der Waals surface area contributed by atoms with Gasteiger partial charge in [0.15, 0.2) is 4.34 Å². The SMILES string of the molecule is COc1ccccc1Nc1nnc(SCC(=O)N[C@H](C)c2ccccc2)s1. The van der Waals surface area contributed by atoms with Crippen molar-refractivity contribution in [1.29, 1.82) is 0 Å². The summed E-state index contributed by atoms with van der Waals surface area (Å²) in [5.41, 5.74) is 1.90. The van der Waals surface area contributed by atoms with Crippen LogP contribution in [0.25, 0.3) is 0 Å². The van der Waals surface area contributed by atoms with Gasteiger partial charge in [-0.05, 0) is 24.6 Å². The predicted molar refractivity (Wildman–Crippen MR) is 110 cm³/mol. The van der Waals surface area contributed by atoms with Crippen molar-refractivity contribution in [2.45, 2.75) is 17.3 Å². The smallest absolute Gasteiger partial charge is 0.230 e. The van der Waals surface area contributed by atoms with Crippen molar-refractivity contribution >= 4 is 39.8 Å². The van der Waals surface area contributed by atoms with E-state index in [-0.39, 0.29) is 11.9 Å². The van der Waals surface area contributed by atoms with Gasteiger partial charge in [0.05, 0.1) is 24.6 Å². The topological polar surface area (TPSA) is 76.1 Å². The number of thioether (sulfide) groups is 1. The first-order valence-electron chi connectivity index (χ1n) is 8.36. The molecule has 2 N–H and O–H groups in total. The lowest BCUT2D eigenvalue weighted by atomic mass is 10.1. The number of nitrogens with one attached hydrogen (secondary N) is 2. The average molecular weight is 401 g/mol. The third kappa shape index (κ3) is 5.45. The van der Waals surface area contributed by atoms with Crippen LogP contribution in [-0.2, 0) is 4.79 Å². The molecule has 1 atom stereocenters. The molecule has 0 aliphatic heterocycles. The van der Waals surface area contributed by atoms with Crippen LogP contribution in [0.2, 0.25) is 0 Å². The van der Waals surface area contributed by atoms with Crippen LogP contribution in [0.4, 0.5) is 10.8 Å². The highest BCUT2D eigenvalue weighted by atomic mass is 32.2. The van der Waals surface area contributed by atoms with Gasteiger partial charge in [0, 0.05) is 0 Å². The fourth-order valence-corrected chi connectivity index (χ4v) is 3.99. The Morgan fingerprint density at radius 1 is 1.15 bits per heavy atom. The summed E-state index contributed by atoms with van der Waals surface area (Å²) in [5.74, 6) is 0.988. The minimum atomic E-state index is -0.0363. The first-order valence-corrected chi connectivity index (χ1v) is 10.2. The third-order valence-electron chi connectivity index (χ3n) is 3.76. The lowest BCUT2D eigenvalue weighted by Crippen LogP contribution is -2.28. The molecule has 0 fully saturated rings. The molecule has 8 heteroatoms. The molecule has 0 aliphatic rings. The molecule has 0 aliphatic carbocycles. The molecular formula is C19H20N4O2S2. The number of rotatable bonds is 8. The zero-order valence-corrected chi connectivity index (χ0v) is 16.6. The van der Waals surface area contributed by atoms with Gasteiger partial charge >= 0.3 is 0 Å². The van der Waals surface area contributed by atoms with Gasteiger partial charge in [-0.2, -0.15) is 0 Å². The van der Waals surface area contributed by atoms with Gasteiger partial charge in [-0.1, -0.05) is 65.6 Å². The highest BCUT2D eigenvalue weighted by Gasteiger charge is 2.12. The molecular weight excluding hydrogens is 380 g/mol. The number of ether oxygens (including phenoxy) is 1. The van der Waals surface area contributed by atoms with Gasteiger partial charge in [-0.15, -0.1) is 10.2 Å². The van der Waals surface area contributed by atoms with E-state index < -0.39 is 0 Å². The number of anilines is 2. The van der Waals surface area contributed by atoms with Crippen LogP contribution < -0.4 is 15.4 Å². The van der Waals surface area contributed by atoms with Crippen LogP contribution in [0.3, 0.4) is 0 Å². The van der Waals surface area contributed by atoms with E-state index in [0.29, 0.717) is 10.9 Å². The van der Waals surface area contributed by atoms with Crippen LogP contribution in [0.15, 0.2) is 58.9 Å². The van der Waals surface area contributed by atoms with Crippen molar-refractivity contribution in [3.05, 3.63) is 60.2 Å². The fraction of sp³-hybridized carbons (Fsp3) is 0.211. The number of aromatic nitrogens is 2. The second-order valence-electron chi connectivity index (χ2n) is 5.69.